The topological polar surface area (TPSA) is 9.23 Å². The van der Waals surface area contributed by atoms with Crippen LogP contribution in [0.25, 0.3) is 0 Å². The highest BCUT2D eigenvalue weighted by Gasteiger charge is 2.05. The lowest BCUT2D eigenvalue weighted by atomic mass is 10.0. The van der Waals surface area contributed by atoms with Crippen molar-refractivity contribution in [3.8, 4) is 5.75 Å². The highest BCUT2D eigenvalue weighted by Crippen LogP contribution is 2.20. The van der Waals surface area contributed by atoms with Gasteiger partial charge in [-0.2, -0.15) is 0 Å². The van der Waals surface area contributed by atoms with E-state index in [-0.39, 0.29) is 5.92 Å². The predicted octanol–water partition coefficient (Wildman–Crippen LogP) is 3.36. The fourth-order valence-corrected chi connectivity index (χ4v) is 1.17. The third-order valence-electron chi connectivity index (χ3n) is 1.99. The van der Waals surface area contributed by atoms with Crippen LogP contribution in [-0.2, 0) is 0 Å². The molecule has 0 heterocycles. The Morgan fingerprint density at radius 1 is 1.50 bits per heavy atom. The Morgan fingerprint density at radius 3 is 2.93 bits per heavy atom. The number of ether oxygens (including phenoxy) is 1. The van der Waals surface area contributed by atoms with Gasteiger partial charge in [-0.05, 0) is 31.0 Å². The highest BCUT2D eigenvalue weighted by molar-refractivity contribution is 5.31. The lowest BCUT2D eigenvalue weighted by molar-refractivity contribution is 0.317. The monoisotopic (exact) mass is 195 g/mol. The van der Waals surface area contributed by atoms with Crippen LogP contribution in [0.5, 0.6) is 5.75 Å². The molecule has 1 aromatic carbocycles. The molecule has 0 saturated heterocycles. The van der Waals surface area contributed by atoms with Crippen LogP contribution in [0.4, 0.5) is 4.39 Å². The molecule has 0 aliphatic rings. The van der Waals surface area contributed by atoms with Crippen molar-refractivity contribution in [2.45, 2.75) is 19.3 Å². The third kappa shape index (κ3) is 3.02. The van der Waals surface area contributed by atoms with E-state index in [1.807, 2.05) is 24.3 Å². The molecule has 0 saturated carbocycles. The van der Waals surface area contributed by atoms with E-state index in [0.29, 0.717) is 6.61 Å². The van der Waals surface area contributed by atoms with E-state index in [9.17, 15) is 4.39 Å². The first-order valence-corrected chi connectivity index (χ1v) is 4.89. The number of rotatable bonds is 5. The van der Waals surface area contributed by atoms with Gasteiger partial charge in [-0.25, -0.2) is 0 Å². The van der Waals surface area contributed by atoms with Gasteiger partial charge in [0.2, 0.25) is 0 Å². The van der Waals surface area contributed by atoms with E-state index in [4.69, 9.17) is 4.74 Å². The second-order valence-electron chi connectivity index (χ2n) is 3.27. The molecular formula is C12H16FO. The summed E-state index contributed by atoms with van der Waals surface area (Å²) in [5.41, 5.74) is 0.890. The van der Waals surface area contributed by atoms with Crippen LogP contribution in [0.15, 0.2) is 24.3 Å². The van der Waals surface area contributed by atoms with Gasteiger partial charge in [0, 0.05) is 5.92 Å². The summed E-state index contributed by atoms with van der Waals surface area (Å²) in [7, 11) is 0. The highest BCUT2D eigenvalue weighted by atomic mass is 19.1. The maximum absolute atomic E-state index is 12.4. The molecule has 1 aromatic rings. The molecular weight excluding hydrogens is 179 g/mol. The molecule has 1 unspecified atom stereocenters. The van der Waals surface area contributed by atoms with Gasteiger partial charge in [0.05, 0.1) is 13.3 Å². The van der Waals surface area contributed by atoms with Gasteiger partial charge >= 0.3 is 0 Å². The van der Waals surface area contributed by atoms with Gasteiger partial charge in [0.15, 0.2) is 0 Å². The van der Waals surface area contributed by atoms with Gasteiger partial charge in [-0.15, -0.1) is 0 Å². The largest absolute Gasteiger partial charge is 0.494 e. The number of hydrogen-bond acceptors (Lipinski definition) is 1. The number of benzene rings is 1. The lowest BCUT2D eigenvalue weighted by Gasteiger charge is -2.09. The van der Waals surface area contributed by atoms with Gasteiger partial charge in [-0.3, -0.25) is 4.39 Å². The van der Waals surface area contributed by atoms with Crippen LogP contribution in [-0.4, -0.2) is 13.3 Å². The van der Waals surface area contributed by atoms with E-state index in [1.54, 1.807) is 0 Å². The molecule has 14 heavy (non-hydrogen) atoms. The summed E-state index contributed by atoms with van der Waals surface area (Å²) >= 11 is 0. The standard InChI is InChI=1S/C12H16FO/c1-3-7-14-12-6-4-5-11(8-12)10(2)9-13/h4-6,8,10H,2-3,7,9H2,1H3. The molecule has 1 atom stereocenters. The van der Waals surface area contributed by atoms with Crippen molar-refractivity contribution in [1.29, 1.82) is 0 Å². The summed E-state index contributed by atoms with van der Waals surface area (Å²) in [6.07, 6.45) is 0.973. The first-order valence-electron chi connectivity index (χ1n) is 4.89. The maximum Gasteiger partial charge on any atom is 0.119 e. The molecule has 0 aliphatic carbocycles. The summed E-state index contributed by atoms with van der Waals surface area (Å²) in [6.45, 7) is 6.03. The summed E-state index contributed by atoms with van der Waals surface area (Å²) < 4.78 is 17.8. The van der Waals surface area contributed by atoms with E-state index < -0.39 is 6.67 Å². The van der Waals surface area contributed by atoms with E-state index in [0.717, 1.165) is 17.7 Å². The quantitative estimate of drug-likeness (QED) is 0.700. The zero-order valence-electron chi connectivity index (χ0n) is 8.50. The Bertz CT molecular complexity index is 273. The first kappa shape index (κ1) is 11.0. The van der Waals surface area contributed by atoms with Crippen LogP contribution in [0.1, 0.15) is 24.8 Å². The summed E-state index contributed by atoms with van der Waals surface area (Å²) in [4.78, 5) is 0. The Balaban J connectivity index is 2.68. The molecule has 0 amide bonds. The van der Waals surface area contributed by atoms with Crippen molar-refractivity contribution in [1.82, 2.24) is 0 Å². The van der Waals surface area contributed by atoms with Gasteiger partial charge < -0.3 is 4.74 Å². The molecule has 1 rings (SSSR count). The third-order valence-corrected chi connectivity index (χ3v) is 1.99. The Hall–Kier alpha value is -1.05. The molecule has 77 valence electrons. The second kappa shape index (κ2) is 5.63. The van der Waals surface area contributed by atoms with E-state index in [1.165, 1.54) is 0 Å². The van der Waals surface area contributed by atoms with Crippen LogP contribution < -0.4 is 4.74 Å². The zero-order valence-corrected chi connectivity index (χ0v) is 8.50. The van der Waals surface area contributed by atoms with E-state index in [2.05, 4.69) is 13.8 Å². The smallest absolute Gasteiger partial charge is 0.119 e. The van der Waals surface area contributed by atoms with Crippen LogP contribution >= 0.6 is 0 Å². The summed E-state index contributed by atoms with van der Waals surface area (Å²) in [5, 5.41) is 0. The molecule has 1 radical (unpaired) electrons. The molecule has 0 fully saturated rings. The second-order valence-corrected chi connectivity index (χ2v) is 3.27. The van der Waals surface area contributed by atoms with Crippen LogP contribution in [0, 0.1) is 6.92 Å². The Kier molecular flexibility index (Phi) is 4.44. The maximum atomic E-state index is 12.4. The van der Waals surface area contributed by atoms with Gasteiger partial charge in [0.25, 0.3) is 0 Å². The van der Waals surface area contributed by atoms with Crippen molar-refractivity contribution in [2.75, 3.05) is 13.3 Å². The molecule has 0 aliphatic heterocycles. The molecule has 0 aromatic heterocycles. The van der Waals surface area contributed by atoms with Gasteiger partial charge in [-0.1, -0.05) is 19.1 Å². The minimum absolute atomic E-state index is 0.292. The number of alkyl halides is 1. The number of hydrogen-bond donors (Lipinski definition) is 0. The zero-order chi connectivity index (χ0) is 10.4. The van der Waals surface area contributed by atoms with Crippen molar-refractivity contribution in [3.05, 3.63) is 36.8 Å². The minimum Gasteiger partial charge on any atom is -0.494 e. The first-order chi connectivity index (χ1) is 6.77. The molecule has 0 N–H and O–H groups in total. The minimum atomic E-state index is -0.433. The van der Waals surface area contributed by atoms with Crippen molar-refractivity contribution in [3.63, 3.8) is 0 Å². The normalized spacial score (nSPS) is 12.5. The summed E-state index contributed by atoms with van der Waals surface area (Å²) in [6, 6.07) is 7.47. The molecule has 0 spiro atoms. The fraction of sp³-hybridized carbons (Fsp3) is 0.417. The number of halogens is 1. The van der Waals surface area contributed by atoms with Gasteiger partial charge in [0.1, 0.15) is 5.75 Å². The van der Waals surface area contributed by atoms with Crippen molar-refractivity contribution < 1.29 is 9.13 Å². The fourth-order valence-electron chi connectivity index (χ4n) is 1.17. The van der Waals surface area contributed by atoms with Crippen LogP contribution in [0.3, 0.4) is 0 Å². The van der Waals surface area contributed by atoms with E-state index >= 15 is 0 Å². The van der Waals surface area contributed by atoms with Crippen molar-refractivity contribution >= 4 is 0 Å². The average molecular weight is 195 g/mol. The SMILES string of the molecule is [CH2]C(CF)c1cccc(OCCC)c1. The Labute approximate surface area is 84.9 Å². The van der Waals surface area contributed by atoms with Crippen molar-refractivity contribution in [2.24, 2.45) is 0 Å². The predicted molar refractivity (Wildman–Crippen MR) is 56.3 cm³/mol. The molecule has 2 heteroatoms. The van der Waals surface area contributed by atoms with Crippen LogP contribution in [0.2, 0.25) is 0 Å². The molecule has 1 nitrogen and oxygen atoms in total. The lowest BCUT2D eigenvalue weighted by Crippen LogP contribution is -1.98. The molecule has 0 bridgehead atoms. The Morgan fingerprint density at radius 2 is 2.29 bits per heavy atom. The average Bonchev–Trinajstić information content (AvgIpc) is 2.25. The summed E-state index contributed by atoms with van der Waals surface area (Å²) in [5.74, 6) is 0.506.